The summed E-state index contributed by atoms with van der Waals surface area (Å²) in [6.07, 6.45) is 2.30. The maximum Gasteiger partial charge on any atom is 0.165 e. The lowest BCUT2D eigenvalue weighted by atomic mass is 10.2. The third kappa shape index (κ3) is 2.69. The van der Waals surface area contributed by atoms with E-state index in [1.165, 1.54) is 12.5 Å². The summed E-state index contributed by atoms with van der Waals surface area (Å²) in [6.45, 7) is 3.47. The van der Waals surface area contributed by atoms with Crippen LogP contribution in [0.2, 0.25) is 0 Å². The lowest BCUT2D eigenvalue weighted by Gasteiger charge is -2.12. The summed E-state index contributed by atoms with van der Waals surface area (Å²) in [7, 11) is 0. The molecule has 0 aromatic heterocycles. The van der Waals surface area contributed by atoms with Crippen LogP contribution in [0.25, 0.3) is 0 Å². The highest BCUT2D eigenvalue weighted by atomic mass is 19.1. The first-order chi connectivity index (χ1) is 7.25. The Morgan fingerprint density at radius 3 is 3.07 bits per heavy atom. The van der Waals surface area contributed by atoms with Gasteiger partial charge in [-0.3, -0.25) is 0 Å². The average Bonchev–Trinajstić information content (AvgIpc) is 2.69. The number of benzene rings is 1. The molecule has 1 N–H and O–H groups in total. The fourth-order valence-electron chi connectivity index (χ4n) is 1.81. The molecule has 0 amide bonds. The second-order valence-electron chi connectivity index (χ2n) is 4.04. The Morgan fingerprint density at radius 2 is 2.40 bits per heavy atom. The summed E-state index contributed by atoms with van der Waals surface area (Å²) in [5.41, 5.74) is 0.916. The van der Waals surface area contributed by atoms with Crippen molar-refractivity contribution < 1.29 is 9.13 Å². The summed E-state index contributed by atoms with van der Waals surface area (Å²) < 4.78 is 18.8. The van der Waals surface area contributed by atoms with E-state index in [-0.39, 0.29) is 5.82 Å². The van der Waals surface area contributed by atoms with E-state index in [0.29, 0.717) is 18.4 Å². The average molecular weight is 209 g/mol. The predicted octanol–water partition coefficient (Wildman–Crippen LogP) is 2.26. The van der Waals surface area contributed by atoms with Crippen molar-refractivity contribution in [2.75, 3.05) is 13.2 Å². The van der Waals surface area contributed by atoms with Gasteiger partial charge >= 0.3 is 0 Å². The lowest BCUT2D eigenvalue weighted by molar-refractivity contribution is 0.265. The van der Waals surface area contributed by atoms with Crippen LogP contribution < -0.4 is 10.1 Å². The van der Waals surface area contributed by atoms with E-state index >= 15 is 0 Å². The smallest absolute Gasteiger partial charge is 0.165 e. The zero-order chi connectivity index (χ0) is 10.7. The Kier molecular flexibility index (Phi) is 3.21. The normalized spacial score (nSPS) is 20.5. The van der Waals surface area contributed by atoms with Gasteiger partial charge in [0.15, 0.2) is 11.6 Å². The number of nitrogens with one attached hydrogen (secondary N) is 1. The van der Waals surface area contributed by atoms with Crippen LogP contribution in [0, 0.1) is 12.7 Å². The summed E-state index contributed by atoms with van der Waals surface area (Å²) >= 11 is 0. The Bertz CT molecular complexity index is 334. The zero-order valence-corrected chi connectivity index (χ0v) is 8.92. The van der Waals surface area contributed by atoms with Crippen molar-refractivity contribution in [3.05, 3.63) is 29.6 Å². The van der Waals surface area contributed by atoms with E-state index in [2.05, 4.69) is 5.32 Å². The van der Waals surface area contributed by atoms with Gasteiger partial charge in [0.2, 0.25) is 0 Å². The molecule has 3 heteroatoms. The minimum Gasteiger partial charge on any atom is -0.489 e. The van der Waals surface area contributed by atoms with Crippen LogP contribution in [0.4, 0.5) is 4.39 Å². The first-order valence-electron chi connectivity index (χ1n) is 5.38. The van der Waals surface area contributed by atoms with Gasteiger partial charge in [0.25, 0.3) is 0 Å². The molecular formula is C12H16FNO. The van der Waals surface area contributed by atoms with Crippen LogP contribution >= 0.6 is 0 Å². The molecule has 1 heterocycles. The Morgan fingerprint density at radius 1 is 1.53 bits per heavy atom. The van der Waals surface area contributed by atoms with Gasteiger partial charge in [-0.05, 0) is 44.0 Å². The van der Waals surface area contributed by atoms with Crippen molar-refractivity contribution in [3.63, 3.8) is 0 Å². The molecule has 1 aromatic carbocycles. The number of hydrogen-bond acceptors (Lipinski definition) is 2. The molecule has 2 nitrogen and oxygen atoms in total. The van der Waals surface area contributed by atoms with E-state index in [1.54, 1.807) is 6.07 Å². The van der Waals surface area contributed by atoms with Gasteiger partial charge < -0.3 is 10.1 Å². The van der Waals surface area contributed by atoms with Crippen LogP contribution in [0.1, 0.15) is 18.4 Å². The monoisotopic (exact) mass is 209 g/mol. The van der Waals surface area contributed by atoms with Crippen molar-refractivity contribution in [1.82, 2.24) is 5.32 Å². The number of ether oxygens (including phenoxy) is 1. The third-order valence-corrected chi connectivity index (χ3v) is 2.69. The third-order valence-electron chi connectivity index (χ3n) is 2.69. The highest BCUT2D eigenvalue weighted by molar-refractivity contribution is 5.28. The van der Waals surface area contributed by atoms with Gasteiger partial charge in [0.1, 0.15) is 6.61 Å². The molecule has 1 aromatic rings. The summed E-state index contributed by atoms with van der Waals surface area (Å²) in [5.74, 6) is 0.0855. The minimum atomic E-state index is -0.270. The molecule has 1 saturated heterocycles. The molecule has 0 aliphatic carbocycles. The molecule has 15 heavy (non-hydrogen) atoms. The Hall–Kier alpha value is -1.09. The highest BCUT2D eigenvalue weighted by Gasteiger charge is 2.15. The lowest BCUT2D eigenvalue weighted by Crippen LogP contribution is -2.28. The first kappa shape index (κ1) is 10.4. The molecule has 82 valence electrons. The van der Waals surface area contributed by atoms with E-state index in [9.17, 15) is 4.39 Å². The minimum absolute atomic E-state index is 0.270. The molecule has 0 radical (unpaired) electrons. The van der Waals surface area contributed by atoms with E-state index in [4.69, 9.17) is 4.74 Å². The number of aryl methyl sites for hydroxylation is 1. The van der Waals surface area contributed by atoms with Gasteiger partial charge in [-0.1, -0.05) is 6.07 Å². The summed E-state index contributed by atoms with van der Waals surface area (Å²) in [4.78, 5) is 0. The fraction of sp³-hybridized carbons (Fsp3) is 0.500. The number of hydrogen-bond donors (Lipinski definition) is 1. The molecule has 0 unspecified atom stereocenters. The molecular weight excluding hydrogens is 193 g/mol. The van der Waals surface area contributed by atoms with Crippen LogP contribution in [-0.4, -0.2) is 19.2 Å². The van der Waals surface area contributed by atoms with Gasteiger partial charge in [-0.25, -0.2) is 4.39 Å². The van der Waals surface area contributed by atoms with Crippen molar-refractivity contribution >= 4 is 0 Å². The quantitative estimate of drug-likeness (QED) is 0.824. The van der Waals surface area contributed by atoms with Crippen molar-refractivity contribution in [2.24, 2.45) is 0 Å². The molecule has 0 spiro atoms. The van der Waals surface area contributed by atoms with Gasteiger partial charge in [-0.2, -0.15) is 0 Å². The number of halogens is 1. The van der Waals surface area contributed by atoms with Crippen LogP contribution in [0.3, 0.4) is 0 Å². The standard InChI is InChI=1S/C12H16FNO/c1-9-4-5-12(11(13)7-9)15-8-10-3-2-6-14-10/h4-5,7,10,14H,2-3,6,8H2,1H3/t10-/m0/s1. The van der Waals surface area contributed by atoms with Crippen molar-refractivity contribution in [3.8, 4) is 5.75 Å². The van der Waals surface area contributed by atoms with E-state index in [0.717, 1.165) is 18.5 Å². The highest BCUT2D eigenvalue weighted by Crippen LogP contribution is 2.18. The van der Waals surface area contributed by atoms with Gasteiger partial charge in [0, 0.05) is 6.04 Å². The molecule has 0 bridgehead atoms. The fourth-order valence-corrected chi connectivity index (χ4v) is 1.81. The van der Waals surface area contributed by atoms with Crippen LogP contribution in [0.15, 0.2) is 18.2 Å². The second-order valence-corrected chi connectivity index (χ2v) is 4.04. The molecule has 2 rings (SSSR count). The van der Waals surface area contributed by atoms with Crippen LogP contribution in [-0.2, 0) is 0 Å². The van der Waals surface area contributed by atoms with E-state index < -0.39 is 0 Å². The van der Waals surface area contributed by atoms with Gasteiger partial charge in [-0.15, -0.1) is 0 Å². The number of rotatable bonds is 3. The maximum absolute atomic E-state index is 13.4. The predicted molar refractivity (Wildman–Crippen MR) is 57.7 cm³/mol. The van der Waals surface area contributed by atoms with E-state index in [1.807, 2.05) is 13.0 Å². The Labute approximate surface area is 89.4 Å². The topological polar surface area (TPSA) is 21.3 Å². The first-order valence-corrected chi connectivity index (χ1v) is 5.38. The Balaban J connectivity index is 1.92. The van der Waals surface area contributed by atoms with Crippen molar-refractivity contribution in [2.45, 2.75) is 25.8 Å². The zero-order valence-electron chi connectivity index (χ0n) is 8.92. The molecule has 1 aliphatic heterocycles. The molecule has 0 saturated carbocycles. The van der Waals surface area contributed by atoms with Crippen LogP contribution in [0.5, 0.6) is 5.75 Å². The van der Waals surface area contributed by atoms with Gasteiger partial charge in [0.05, 0.1) is 0 Å². The van der Waals surface area contributed by atoms with Crippen molar-refractivity contribution in [1.29, 1.82) is 0 Å². The second kappa shape index (κ2) is 4.62. The maximum atomic E-state index is 13.4. The SMILES string of the molecule is Cc1ccc(OC[C@@H]2CCCN2)c(F)c1. The molecule has 1 aliphatic rings. The summed E-state index contributed by atoms with van der Waals surface area (Å²) in [6, 6.07) is 5.43. The molecule has 1 atom stereocenters. The largest absolute Gasteiger partial charge is 0.489 e. The summed E-state index contributed by atoms with van der Waals surface area (Å²) in [5, 5.41) is 3.31. The molecule has 1 fully saturated rings.